The number of aromatic amines is 1. The zero-order chi connectivity index (χ0) is 23.2. The molecule has 1 aliphatic rings. The van der Waals surface area contributed by atoms with E-state index in [0.717, 1.165) is 48.0 Å². The number of fused-ring (bicyclic) bond motifs is 2. The number of para-hydroxylation sites is 2. The summed E-state index contributed by atoms with van der Waals surface area (Å²) in [5.74, 6) is 0.691. The van der Waals surface area contributed by atoms with Crippen LogP contribution in [0.4, 0.5) is 5.69 Å². The van der Waals surface area contributed by atoms with E-state index in [1.165, 1.54) is 5.56 Å². The first-order valence-corrected chi connectivity index (χ1v) is 11.7. The number of benzene rings is 2. The highest BCUT2D eigenvalue weighted by Gasteiger charge is 2.36. The normalized spacial score (nSPS) is 15.0. The van der Waals surface area contributed by atoms with Crippen molar-refractivity contribution in [2.45, 2.75) is 58.5 Å². The topological polar surface area (TPSA) is 79.7 Å². The first kappa shape index (κ1) is 21.4. The SMILES string of the molecule is CCC(C)(C)n1nnnc1[C@H](c1cc2cccc(C)c2[nH]c1=O)N1CCCc2ccccc21. The van der Waals surface area contributed by atoms with Crippen molar-refractivity contribution in [1.82, 2.24) is 25.2 Å². The molecule has 2 aromatic carbocycles. The molecule has 0 fully saturated rings. The summed E-state index contributed by atoms with van der Waals surface area (Å²) in [5.41, 5.74) is 4.62. The van der Waals surface area contributed by atoms with Crippen LogP contribution in [0.3, 0.4) is 0 Å². The maximum absolute atomic E-state index is 13.5. The van der Waals surface area contributed by atoms with Crippen molar-refractivity contribution >= 4 is 16.6 Å². The predicted octanol–water partition coefficient (Wildman–Crippen LogP) is 4.51. The Kier molecular flexibility index (Phi) is 5.27. The number of hydrogen-bond acceptors (Lipinski definition) is 5. The third-order valence-corrected chi connectivity index (χ3v) is 7.05. The van der Waals surface area contributed by atoms with Crippen molar-refractivity contribution in [3.63, 3.8) is 0 Å². The van der Waals surface area contributed by atoms with E-state index in [1.54, 1.807) is 0 Å². The van der Waals surface area contributed by atoms with Gasteiger partial charge in [-0.2, -0.15) is 0 Å². The van der Waals surface area contributed by atoms with Gasteiger partial charge in [0.25, 0.3) is 5.56 Å². The zero-order valence-corrected chi connectivity index (χ0v) is 19.7. The van der Waals surface area contributed by atoms with Crippen LogP contribution in [0.2, 0.25) is 0 Å². The van der Waals surface area contributed by atoms with Gasteiger partial charge in [-0.15, -0.1) is 5.10 Å². The number of nitrogens with one attached hydrogen (secondary N) is 1. The number of aryl methyl sites for hydroxylation is 2. The van der Waals surface area contributed by atoms with Crippen LogP contribution < -0.4 is 10.5 Å². The first-order chi connectivity index (χ1) is 15.9. The number of tetrazole rings is 1. The Balaban J connectivity index is 1.78. The van der Waals surface area contributed by atoms with Gasteiger partial charge >= 0.3 is 0 Å². The third kappa shape index (κ3) is 3.61. The maximum atomic E-state index is 13.5. The van der Waals surface area contributed by atoms with Gasteiger partial charge in [-0.05, 0) is 79.1 Å². The third-order valence-electron chi connectivity index (χ3n) is 7.05. The Morgan fingerprint density at radius 2 is 1.97 bits per heavy atom. The van der Waals surface area contributed by atoms with Crippen LogP contribution in [0.1, 0.15) is 62.2 Å². The molecule has 7 nitrogen and oxygen atoms in total. The Morgan fingerprint density at radius 3 is 2.79 bits per heavy atom. The molecule has 0 aliphatic carbocycles. The lowest BCUT2D eigenvalue weighted by Crippen LogP contribution is -2.40. The van der Waals surface area contributed by atoms with Crippen LogP contribution in [0, 0.1) is 6.92 Å². The summed E-state index contributed by atoms with van der Waals surface area (Å²) in [6.07, 6.45) is 2.90. The van der Waals surface area contributed by atoms with Gasteiger partial charge in [0.15, 0.2) is 5.82 Å². The van der Waals surface area contributed by atoms with E-state index in [2.05, 4.69) is 70.4 Å². The van der Waals surface area contributed by atoms with Gasteiger partial charge in [-0.25, -0.2) is 4.68 Å². The highest BCUT2D eigenvalue weighted by Crippen LogP contribution is 2.38. The molecule has 0 amide bonds. The average Bonchev–Trinajstić information content (AvgIpc) is 3.31. The Hall–Kier alpha value is -3.48. The smallest absolute Gasteiger partial charge is 0.254 e. The van der Waals surface area contributed by atoms with E-state index in [9.17, 15) is 4.79 Å². The Morgan fingerprint density at radius 1 is 1.15 bits per heavy atom. The minimum absolute atomic E-state index is 0.103. The maximum Gasteiger partial charge on any atom is 0.254 e. The summed E-state index contributed by atoms with van der Waals surface area (Å²) in [7, 11) is 0. The summed E-state index contributed by atoms with van der Waals surface area (Å²) in [5, 5.41) is 14.0. The lowest BCUT2D eigenvalue weighted by Gasteiger charge is -2.38. The molecular weight excluding hydrogens is 412 g/mol. The molecule has 1 N–H and O–H groups in total. The summed E-state index contributed by atoms with van der Waals surface area (Å²) in [6, 6.07) is 16.1. The molecule has 0 bridgehead atoms. The number of H-pyrrole nitrogens is 1. The molecule has 170 valence electrons. The molecule has 5 rings (SSSR count). The molecule has 1 atom stereocenters. The molecule has 0 saturated carbocycles. The second kappa shape index (κ2) is 8.14. The number of nitrogens with zero attached hydrogens (tertiary/aromatic N) is 5. The average molecular weight is 443 g/mol. The fourth-order valence-corrected chi connectivity index (χ4v) is 4.83. The quantitative estimate of drug-likeness (QED) is 0.492. The van der Waals surface area contributed by atoms with E-state index < -0.39 is 6.04 Å². The molecular formula is C26H30N6O. The van der Waals surface area contributed by atoms with Crippen molar-refractivity contribution in [3.05, 3.63) is 81.4 Å². The van der Waals surface area contributed by atoms with Gasteiger partial charge in [0.2, 0.25) is 0 Å². The van der Waals surface area contributed by atoms with Crippen LogP contribution in [-0.2, 0) is 12.0 Å². The number of hydrogen-bond donors (Lipinski definition) is 1. The van der Waals surface area contributed by atoms with Gasteiger partial charge in [0.05, 0.1) is 11.1 Å². The van der Waals surface area contributed by atoms with Gasteiger partial charge in [-0.1, -0.05) is 43.3 Å². The Bertz CT molecular complexity index is 1370. The summed E-state index contributed by atoms with van der Waals surface area (Å²) >= 11 is 0. The minimum Gasteiger partial charge on any atom is -0.357 e. The highest BCUT2D eigenvalue weighted by atomic mass is 16.1. The van der Waals surface area contributed by atoms with Crippen LogP contribution in [-0.4, -0.2) is 31.7 Å². The monoisotopic (exact) mass is 442 g/mol. The van der Waals surface area contributed by atoms with Gasteiger partial charge in [0.1, 0.15) is 6.04 Å². The molecule has 2 aromatic heterocycles. The highest BCUT2D eigenvalue weighted by molar-refractivity contribution is 5.82. The summed E-state index contributed by atoms with van der Waals surface area (Å²) in [4.78, 5) is 19.0. The molecule has 7 heteroatoms. The van der Waals surface area contributed by atoms with Crippen LogP contribution in [0.25, 0.3) is 10.9 Å². The lowest BCUT2D eigenvalue weighted by atomic mass is 9.95. The second-order valence-electron chi connectivity index (χ2n) is 9.54. The van der Waals surface area contributed by atoms with Crippen molar-refractivity contribution < 1.29 is 0 Å². The summed E-state index contributed by atoms with van der Waals surface area (Å²) < 4.78 is 1.90. The number of aromatic nitrogens is 5. The number of pyridine rings is 1. The molecule has 0 spiro atoms. The Labute approximate surface area is 193 Å². The minimum atomic E-state index is -0.402. The van der Waals surface area contributed by atoms with E-state index in [1.807, 2.05) is 35.9 Å². The van der Waals surface area contributed by atoms with Crippen LogP contribution in [0.5, 0.6) is 0 Å². The van der Waals surface area contributed by atoms with E-state index in [4.69, 9.17) is 0 Å². The largest absolute Gasteiger partial charge is 0.357 e. The van der Waals surface area contributed by atoms with Gasteiger partial charge in [-0.3, -0.25) is 4.79 Å². The molecule has 0 radical (unpaired) electrons. The lowest BCUT2D eigenvalue weighted by molar-refractivity contribution is 0.287. The molecule has 4 aromatic rings. The number of rotatable bonds is 5. The van der Waals surface area contributed by atoms with Crippen LogP contribution in [0.15, 0.2) is 53.3 Å². The van der Waals surface area contributed by atoms with Crippen LogP contribution >= 0.6 is 0 Å². The van der Waals surface area contributed by atoms with Crippen molar-refractivity contribution in [3.8, 4) is 0 Å². The molecule has 1 aliphatic heterocycles. The second-order valence-corrected chi connectivity index (χ2v) is 9.54. The molecule has 33 heavy (non-hydrogen) atoms. The molecule has 0 saturated heterocycles. The first-order valence-electron chi connectivity index (χ1n) is 11.7. The summed E-state index contributed by atoms with van der Waals surface area (Å²) in [6.45, 7) is 9.22. The van der Waals surface area contributed by atoms with E-state index in [0.29, 0.717) is 11.4 Å². The van der Waals surface area contributed by atoms with Gasteiger partial charge < -0.3 is 9.88 Å². The molecule has 3 heterocycles. The zero-order valence-electron chi connectivity index (χ0n) is 19.7. The van der Waals surface area contributed by atoms with Crippen molar-refractivity contribution in [2.24, 2.45) is 0 Å². The predicted molar refractivity (Wildman–Crippen MR) is 131 cm³/mol. The van der Waals surface area contributed by atoms with Crippen molar-refractivity contribution in [2.75, 3.05) is 11.4 Å². The van der Waals surface area contributed by atoms with Crippen molar-refractivity contribution in [1.29, 1.82) is 0 Å². The van der Waals surface area contributed by atoms with E-state index >= 15 is 0 Å². The van der Waals surface area contributed by atoms with Gasteiger partial charge in [0, 0.05) is 17.8 Å². The number of anilines is 1. The van der Waals surface area contributed by atoms with E-state index in [-0.39, 0.29) is 11.1 Å². The fourth-order valence-electron chi connectivity index (χ4n) is 4.83. The standard InChI is InChI=1S/C26H30N6O/c1-5-26(3,4)32-24(28-29-30-32)23(31-15-9-13-18-11-6-7-14-21(18)31)20-16-19-12-8-10-17(2)22(19)27-25(20)33/h6-8,10-12,14,16,23H,5,9,13,15H2,1-4H3,(H,27,33)/t23-/m0/s1. The fraction of sp³-hybridized carbons (Fsp3) is 0.385. The molecule has 0 unspecified atom stereocenters.